The van der Waals surface area contributed by atoms with Gasteiger partial charge in [0, 0.05) is 12.6 Å². The van der Waals surface area contributed by atoms with E-state index in [-0.39, 0.29) is 5.02 Å². The van der Waals surface area contributed by atoms with Gasteiger partial charge in [0.05, 0.1) is 16.1 Å². The molecule has 1 aliphatic heterocycles. The maximum absolute atomic E-state index is 13.5. The molecular formula is C14H17ClFN3S. The molecule has 0 atom stereocenters. The van der Waals surface area contributed by atoms with Crippen LogP contribution in [0.5, 0.6) is 0 Å². The van der Waals surface area contributed by atoms with Gasteiger partial charge in [-0.1, -0.05) is 11.6 Å². The minimum absolute atomic E-state index is 0.142. The van der Waals surface area contributed by atoms with Crippen LogP contribution in [0.3, 0.4) is 0 Å². The predicted molar refractivity (Wildman–Crippen MR) is 82.3 cm³/mol. The van der Waals surface area contributed by atoms with Crippen molar-refractivity contribution in [1.29, 1.82) is 0 Å². The molecule has 2 heterocycles. The monoisotopic (exact) mass is 313 g/mol. The van der Waals surface area contributed by atoms with Crippen LogP contribution in [0.15, 0.2) is 12.1 Å². The number of nitrogens with one attached hydrogen (secondary N) is 1. The molecule has 20 heavy (non-hydrogen) atoms. The number of hydrogen-bond acceptors (Lipinski definition) is 2. The number of piperidine rings is 1. The van der Waals surface area contributed by atoms with E-state index >= 15 is 0 Å². The Hall–Kier alpha value is -0.910. The predicted octanol–water partition coefficient (Wildman–Crippen LogP) is 3.83. The average Bonchev–Trinajstić information content (AvgIpc) is 2.69. The number of halogens is 2. The Morgan fingerprint density at radius 1 is 1.40 bits per heavy atom. The smallest absolute Gasteiger partial charge is 0.178 e. The molecule has 0 radical (unpaired) electrons. The van der Waals surface area contributed by atoms with E-state index in [1.165, 1.54) is 18.9 Å². The van der Waals surface area contributed by atoms with Crippen molar-refractivity contribution in [2.45, 2.75) is 19.4 Å². The summed E-state index contributed by atoms with van der Waals surface area (Å²) in [6, 6.07) is 3.08. The molecular weight excluding hydrogens is 297 g/mol. The summed E-state index contributed by atoms with van der Waals surface area (Å²) in [5.41, 5.74) is 1.60. The highest BCUT2D eigenvalue weighted by Gasteiger charge is 2.19. The highest BCUT2D eigenvalue weighted by Crippen LogP contribution is 2.25. The lowest BCUT2D eigenvalue weighted by Gasteiger charge is -2.29. The van der Waals surface area contributed by atoms with Crippen LogP contribution in [-0.4, -0.2) is 34.6 Å². The Bertz CT molecular complexity index is 686. The van der Waals surface area contributed by atoms with Gasteiger partial charge in [0.15, 0.2) is 4.77 Å². The summed E-state index contributed by atoms with van der Waals surface area (Å²) >= 11 is 11.3. The highest BCUT2D eigenvalue weighted by molar-refractivity contribution is 7.71. The number of likely N-dealkylation sites (tertiary alicyclic amines) is 1. The molecule has 0 saturated carbocycles. The van der Waals surface area contributed by atoms with Gasteiger partial charge >= 0.3 is 0 Å². The van der Waals surface area contributed by atoms with Gasteiger partial charge in [0.25, 0.3) is 0 Å². The molecule has 1 fully saturated rings. The maximum atomic E-state index is 13.5. The molecule has 3 nitrogen and oxygen atoms in total. The van der Waals surface area contributed by atoms with Crippen LogP contribution in [0.4, 0.5) is 4.39 Å². The van der Waals surface area contributed by atoms with E-state index in [1.54, 1.807) is 6.07 Å². The van der Waals surface area contributed by atoms with Crippen LogP contribution in [0.1, 0.15) is 12.8 Å². The van der Waals surface area contributed by atoms with Crippen molar-refractivity contribution >= 4 is 34.9 Å². The van der Waals surface area contributed by atoms with E-state index in [4.69, 9.17) is 23.8 Å². The van der Waals surface area contributed by atoms with Crippen LogP contribution >= 0.6 is 23.8 Å². The largest absolute Gasteiger partial charge is 0.330 e. The summed E-state index contributed by atoms with van der Waals surface area (Å²) in [7, 11) is 2.15. The van der Waals surface area contributed by atoms with Crippen LogP contribution in [0.25, 0.3) is 11.0 Å². The normalized spacial score (nSPS) is 17.9. The van der Waals surface area contributed by atoms with Crippen LogP contribution in [-0.2, 0) is 6.54 Å². The third kappa shape index (κ3) is 2.62. The number of fused-ring (bicyclic) bond motifs is 1. The van der Waals surface area contributed by atoms with E-state index in [9.17, 15) is 4.39 Å². The Kier molecular flexibility index (Phi) is 3.84. The molecule has 0 amide bonds. The van der Waals surface area contributed by atoms with E-state index in [0.717, 1.165) is 25.2 Å². The number of benzene rings is 1. The number of aromatic nitrogens is 2. The first-order valence-electron chi connectivity index (χ1n) is 6.80. The summed E-state index contributed by atoms with van der Waals surface area (Å²) in [6.07, 6.45) is 2.33. The number of nitrogens with zero attached hydrogens (tertiary/aromatic N) is 2. The molecule has 0 unspecified atom stereocenters. The first kappa shape index (κ1) is 14.0. The SMILES string of the molecule is CN1CCC(Cn2c(=S)[nH]c3cc(F)c(Cl)cc32)CC1. The Morgan fingerprint density at radius 2 is 2.10 bits per heavy atom. The highest BCUT2D eigenvalue weighted by atomic mass is 35.5. The number of rotatable bonds is 2. The Morgan fingerprint density at radius 3 is 2.80 bits per heavy atom. The van der Waals surface area contributed by atoms with Crippen molar-refractivity contribution in [3.05, 3.63) is 27.7 Å². The lowest BCUT2D eigenvalue weighted by atomic mass is 9.97. The number of imidazole rings is 1. The second kappa shape index (κ2) is 5.47. The summed E-state index contributed by atoms with van der Waals surface area (Å²) in [5, 5.41) is 0.142. The van der Waals surface area contributed by atoms with Gasteiger partial charge in [0.1, 0.15) is 5.82 Å². The molecule has 1 aromatic heterocycles. The fourth-order valence-electron chi connectivity index (χ4n) is 2.84. The van der Waals surface area contributed by atoms with Crippen LogP contribution in [0, 0.1) is 16.5 Å². The van der Waals surface area contributed by atoms with Gasteiger partial charge in [-0.05, 0) is 57.2 Å². The quantitative estimate of drug-likeness (QED) is 0.852. The first-order chi connectivity index (χ1) is 9.54. The molecule has 0 spiro atoms. The van der Waals surface area contributed by atoms with Crippen molar-refractivity contribution in [2.75, 3.05) is 20.1 Å². The topological polar surface area (TPSA) is 24.0 Å². The molecule has 0 aliphatic carbocycles. The minimum Gasteiger partial charge on any atom is -0.330 e. The lowest BCUT2D eigenvalue weighted by molar-refractivity contribution is 0.206. The third-order valence-corrected chi connectivity index (χ3v) is 4.71. The summed E-state index contributed by atoms with van der Waals surface area (Å²) in [4.78, 5) is 5.41. The second-order valence-corrected chi connectivity index (χ2v) is 6.36. The van der Waals surface area contributed by atoms with Gasteiger partial charge in [0.2, 0.25) is 0 Å². The van der Waals surface area contributed by atoms with Crippen molar-refractivity contribution in [3.63, 3.8) is 0 Å². The summed E-state index contributed by atoms with van der Waals surface area (Å²) < 4.78 is 16.2. The molecule has 1 aromatic carbocycles. The number of H-pyrrole nitrogens is 1. The van der Waals surface area contributed by atoms with Gasteiger partial charge in [-0.15, -0.1) is 0 Å². The van der Waals surface area contributed by atoms with Gasteiger partial charge in [-0.25, -0.2) is 4.39 Å². The van der Waals surface area contributed by atoms with Gasteiger partial charge in [-0.2, -0.15) is 0 Å². The molecule has 1 saturated heterocycles. The van der Waals surface area contributed by atoms with Crippen molar-refractivity contribution < 1.29 is 4.39 Å². The fourth-order valence-corrected chi connectivity index (χ4v) is 3.28. The van der Waals surface area contributed by atoms with E-state index in [1.807, 2.05) is 4.57 Å². The maximum Gasteiger partial charge on any atom is 0.178 e. The lowest BCUT2D eigenvalue weighted by Crippen LogP contribution is -2.31. The first-order valence-corrected chi connectivity index (χ1v) is 7.59. The second-order valence-electron chi connectivity index (χ2n) is 5.57. The minimum atomic E-state index is -0.415. The standard InChI is InChI=1S/C14H17ClFN3S/c1-18-4-2-9(3-5-18)8-19-13-6-10(15)11(16)7-12(13)17-14(19)20/h6-7,9H,2-5,8H2,1H3,(H,17,20). The van der Waals surface area contributed by atoms with Crippen LogP contribution < -0.4 is 0 Å². The zero-order chi connectivity index (χ0) is 14.3. The summed E-state index contributed by atoms with van der Waals surface area (Å²) in [6.45, 7) is 3.11. The van der Waals surface area contributed by atoms with Crippen LogP contribution in [0.2, 0.25) is 5.02 Å². The zero-order valence-electron chi connectivity index (χ0n) is 11.3. The zero-order valence-corrected chi connectivity index (χ0v) is 12.9. The van der Waals surface area contributed by atoms with Gasteiger partial charge in [-0.3, -0.25) is 0 Å². The molecule has 1 N–H and O–H groups in total. The van der Waals surface area contributed by atoms with Crippen molar-refractivity contribution in [1.82, 2.24) is 14.5 Å². The molecule has 108 valence electrons. The molecule has 0 bridgehead atoms. The van der Waals surface area contributed by atoms with E-state index in [2.05, 4.69) is 16.9 Å². The Labute approximate surface area is 127 Å². The Balaban J connectivity index is 1.93. The summed E-state index contributed by atoms with van der Waals surface area (Å²) in [5.74, 6) is 0.197. The third-order valence-electron chi connectivity index (χ3n) is 4.10. The molecule has 1 aliphatic rings. The molecule has 3 rings (SSSR count). The van der Waals surface area contributed by atoms with Gasteiger partial charge < -0.3 is 14.5 Å². The van der Waals surface area contributed by atoms with Crippen molar-refractivity contribution in [2.24, 2.45) is 5.92 Å². The molecule has 6 heteroatoms. The number of hydrogen-bond donors (Lipinski definition) is 1. The fraction of sp³-hybridized carbons (Fsp3) is 0.500. The van der Waals surface area contributed by atoms with Crippen molar-refractivity contribution in [3.8, 4) is 0 Å². The molecule has 2 aromatic rings. The number of aromatic amines is 1. The van der Waals surface area contributed by atoms with E-state index < -0.39 is 5.82 Å². The van der Waals surface area contributed by atoms with E-state index in [0.29, 0.717) is 16.2 Å². The average molecular weight is 314 g/mol.